The summed E-state index contributed by atoms with van der Waals surface area (Å²) in [5, 5.41) is 4.09. The van der Waals surface area contributed by atoms with Crippen molar-refractivity contribution in [3.63, 3.8) is 0 Å². The van der Waals surface area contributed by atoms with Crippen LogP contribution in [0.4, 0.5) is 0 Å². The van der Waals surface area contributed by atoms with E-state index in [9.17, 15) is 8.42 Å². The molecule has 0 saturated carbocycles. The lowest BCUT2D eigenvalue weighted by Crippen LogP contribution is -2.51. The molecule has 0 aliphatic carbocycles. The fourth-order valence-corrected chi connectivity index (χ4v) is 5.88. The van der Waals surface area contributed by atoms with Crippen LogP contribution in [0.3, 0.4) is 0 Å². The van der Waals surface area contributed by atoms with Crippen LogP contribution < -0.4 is 9.47 Å². The van der Waals surface area contributed by atoms with Crippen LogP contribution in [0, 0.1) is 0 Å². The molecule has 0 N–H and O–H groups in total. The molecule has 1 unspecified atom stereocenters. The molecule has 10 heteroatoms. The zero-order valence-electron chi connectivity index (χ0n) is 17.4. The van der Waals surface area contributed by atoms with Gasteiger partial charge in [-0.2, -0.15) is 4.98 Å². The van der Waals surface area contributed by atoms with E-state index >= 15 is 0 Å². The summed E-state index contributed by atoms with van der Waals surface area (Å²) in [7, 11) is 0.357. The van der Waals surface area contributed by atoms with E-state index in [0.29, 0.717) is 41.1 Å². The van der Waals surface area contributed by atoms with E-state index in [-0.39, 0.29) is 6.04 Å². The highest BCUT2D eigenvalue weighted by atomic mass is 32.2. The fraction of sp³-hybridized carbons (Fsp3) is 0.600. The van der Waals surface area contributed by atoms with Crippen molar-refractivity contribution >= 4 is 9.84 Å². The van der Waals surface area contributed by atoms with Gasteiger partial charge in [0.15, 0.2) is 21.3 Å². The van der Waals surface area contributed by atoms with E-state index in [1.54, 1.807) is 14.2 Å². The third-order valence-corrected chi connectivity index (χ3v) is 7.63. The van der Waals surface area contributed by atoms with Crippen molar-refractivity contribution < 1.29 is 22.4 Å². The molecule has 1 aromatic heterocycles. The maximum absolute atomic E-state index is 11.7. The third kappa shape index (κ3) is 4.76. The molecule has 2 aromatic rings. The minimum absolute atomic E-state index is 0.192. The Hall–Kier alpha value is -2.17. The quantitative estimate of drug-likeness (QED) is 0.632. The highest BCUT2D eigenvalue weighted by molar-refractivity contribution is 7.91. The summed E-state index contributed by atoms with van der Waals surface area (Å²) in [6.07, 6.45) is 1.45. The molecule has 4 rings (SSSR count). The van der Waals surface area contributed by atoms with Gasteiger partial charge in [-0.05, 0) is 24.6 Å². The molecular formula is C20H28N4O5S. The first-order chi connectivity index (χ1) is 14.5. The van der Waals surface area contributed by atoms with Crippen LogP contribution in [0.2, 0.25) is 0 Å². The van der Waals surface area contributed by atoms with E-state index in [2.05, 4.69) is 19.9 Å². The molecule has 1 atom stereocenters. The summed E-state index contributed by atoms with van der Waals surface area (Å²) in [5.41, 5.74) is 0.808. The molecule has 0 amide bonds. The van der Waals surface area contributed by atoms with Crippen LogP contribution in [-0.2, 0) is 16.3 Å². The number of methoxy groups -OCH3 is 2. The van der Waals surface area contributed by atoms with Crippen molar-refractivity contribution in [2.45, 2.75) is 18.9 Å². The number of nitrogens with zero attached hydrogens (tertiary/aromatic N) is 4. The topological polar surface area (TPSA) is 98.0 Å². The lowest BCUT2D eigenvalue weighted by molar-refractivity contribution is 0.104. The number of hydrogen-bond acceptors (Lipinski definition) is 9. The molecule has 30 heavy (non-hydrogen) atoms. The van der Waals surface area contributed by atoms with Crippen LogP contribution >= 0.6 is 0 Å². The Balaban J connectivity index is 1.28. The zero-order chi connectivity index (χ0) is 21.1. The van der Waals surface area contributed by atoms with Crippen LogP contribution in [0.1, 0.15) is 12.3 Å². The molecule has 164 valence electrons. The van der Waals surface area contributed by atoms with Gasteiger partial charge in [0.1, 0.15) is 0 Å². The monoisotopic (exact) mass is 436 g/mol. The van der Waals surface area contributed by atoms with E-state index in [1.165, 1.54) is 0 Å². The van der Waals surface area contributed by atoms with E-state index < -0.39 is 9.84 Å². The standard InChI is InChI=1S/C20H28N4O5S/c1-27-17-4-3-15(13-18(17)28-2)20-21-19(29-22-20)5-7-23-8-10-24(11-9-23)16-6-12-30(25,26)14-16/h3-4,13,16H,5-12,14H2,1-2H3. The molecule has 2 aliphatic heterocycles. The van der Waals surface area contributed by atoms with Crippen molar-refractivity contribution in [1.82, 2.24) is 19.9 Å². The number of sulfone groups is 1. The second-order valence-electron chi connectivity index (χ2n) is 7.77. The third-order valence-electron chi connectivity index (χ3n) is 5.88. The Bertz CT molecular complexity index is 969. The van der Waals surface area contributed by atoms with Crippen molar-refractivity contribution in [2.75, 3.05) is 58.4 Å². The second kappa shape index (κ2) is 8.91. The minimum Gasteiger partial charge on any atom is -0.493 e. The number of hydrogen-bond donors (Lipinski definition) is 0. The largest absolute Gasteiger partial charge is 0.493 e. The highest BCUT2D eigenvalue weighted by Gasteiger charge is 2.33. The van der Waals surface area contributed by atoms with Gasteiger partial charge in [0.05, 0.1) is 25.7 Å². The van der Waals surface area contributed by atoms with Gasteiger partial charge in [-0.15, -0.1) is 0 Å². The Labute approximate surface area is 176 Å². The number of ether oxygens (including phenoxy) is 2. The van der Waals surface area contributed by atoms with Gasteiger partial charge in [-0.3, -0.25) is 4.90 Å². The molecule has 2 fully saturated rings. The predicted octanol–water partition coefficient (Wildman–Crippen LogP) is 1.10. The maximum atomic E-state index is 11.7. The number of aromatic nitrogens is 2. The number of benzene rings is 1. The molecule has 3 heterocycles. The first-order valence-electron chi connectivity index (χ1n) is 10.2. The second-order valence-corrected chi connectivity index (χ2v) is 9.99. The van der Waals surface area contributed by atoms with E-state index in [1.807, 2.05) is 18.2 Å². The molecule has 2 saturated heterocycles. The van der Waals surface area contributed by atoms with Crippen molar-refractivity contribution in [3.8, 4) is 22.9 Å². The summed E-state index contributed by atoms with van der Waals surface area (Å²) in [6.45, 7) is 4.49. The Morgan fingerprint density at radius 1 is 1.13 bits per heavy atom. The van der Waals surface area contributed by atoms with Crippen LogP contribution in [0.5, 0.6) is 11.5 Å². The van der Waals surface area contributed by atoms with Crippen LogP contribution in [0.25, 0.3) is 11.4 Å². The minimum atomic E-state index is -2.83. The molecule has 2 aliphatic rings. The lowest BCUT2D eigenvalue weighted by Gasteiger charge is -2.37. The average molecular weight is 437 g/mol. The van der Waals surface area contributed by atoms with Gasteiger partial charge in [-0.1, -0.05) is 5.16 Å². The first-order valence-corrected chi connectivity index (χ1v) is 12.0. The van der Waals surface area contributed by atoms with Crippen LogP contribution in [0.15, 0.2) is 22.7 Å². The zero-order valence-corrected chi connectivity index (χ0v) is 18.2. The molecule has 1 aromatic carbocycles. The summed E-state index contributed by atoms with van der Waals surface area (Å²) in [6, 6.07) is 5.71. The molecule has 0 spiro atoms. The maximum Gasteiger partial charge on any atom is 0.228 e. The Morgan fingerprint density at radius 2 is 1.90 bits per heavy atom. The Kier molecular flexibility index (Phi) is 6.26. The first kappa shape index (κ1) is 21.1. The summed E-state index contributed by atoms with van der Waals surface area (Å²) in [4.78, 5) is 9.20. The predicted molar refractivity (Wildman–Crippen MR) is 112 cm³/mol. The van der Waals surface area contributed by atoms with Crippen LogP contribution in [-0.4, -0.2) is 92.8 Å². The number of rotatable bonds is 7. The molecule has 0 bridgehead atoms. The molecule has 0 radical (unpaired) electrons. The highest BCUT2D eigenvalue weighted by Crippen LogP contribution is 2.31. The normalized spacial score (nSPS) is 22.3. The van der Waals surface area contributed by atoms with Gasteiger partial charge in [0, 0.05) is 50.7 Å². The summed E-state index contributed by atoms with van der Waals surface area (Å²) >= 11 is 0. The fourth-order valence-electron chi connectivity index (χ4n) is 4.12. The van der Waals surface area contributed by atoms with Crippen molar-refractivity contribution in [3.05, 3.63) is 24.1 Å². The average Bonchev–Trinajstić information content (AvgIpc) is 3.38. The Morgan fingerprint density at radius 3 is 2.57 bits per heavy atom. The van der Waals surface area contributed by atoms with E-state index in [4.69, 9.17) is 14.0 Å². The van der Waals surface area contributed by atoms with Gasteiger partial charge in [0.2, 0.25) is 11.7 Å². The molecular weight excluding hydrogens is 408 g/mol. The summed E-state index contributed by atoms with van der Waals surface area (Å²) in [5.74, 6) is 3.04. The van der Waals surface area contributed by atoms with Gasteiger partial charge in [-0.25, -0.2) is 8.42 Å². The van der Waals surface area contributed by atoms with E-state index in [0.717, 1.165) is 44.7 Å². The van der Waals surface area contributed by atoms with Gasteiger partial charge < -0.3 is 18.9 Å². The molecule has 9 nitrogen and oxygen atoms in total. The smallest absolute Gasteiger partial charge is 0.228 e. The summed E-state index contributed by atoms with van der Waals surface area (Å²) < 4.78 is 39.4. The lowest BCUT2D eigenvalue weighted by atomic mass is 10.2. The van der Waals surface area contributed by atoms with Gasteiger partial charge in [0.25, 0.3) is 0 Å². The van der Waals surface area contributed by atoms with Gasteiger partial charge >= 0.3 is 0 Å². The van der Waals surface area contributed by atoms with Crippen molar-refractivity contribution in [2.24, 2.45) is 0 Å². The van der Waals surface area contributed by atoms with Crippen molar-refractivity contribution in [1.29, 1.82) is 0 Å². The number of piperazine rings is 1. The SMILES string of the molecule is COc1ccc(-c2noc(CCN3CCN(C4CCS(=O)(=O)C4)CC3)n2)cc1OC.